The van der Waals surface area contributed by atoms with Crippen molar-refractivity contribution in [1.29, 1.82) is 5.26 Å². The molecule has 51 heteroatoms. The van der Waals surface area contributed by atoms with Gasteiger partial charge in [0.15, 0.2) is 19.7 Å². The lowest BCUT2D eigenvalue weighted by Crippen LogP contribution is -2.49. The van der Waals surface area contributed by atoms with Gasteiger partial charge in [-0.1, -0.05) is 105 Å². The number of fused-ring (bicyclic) bond motifs is 4. The van der Waals surface area contributed by atoms with Crippen molar-refractivity contribution in [2.75, 3.05) is 185 Å². The molecule has 4 fully saturated rings. The van der Waals surface area contributed by atoms with Crippen LogP contribution in [-0.2, 0) is 112 Å². The van der Waals surface area contributed by atoms with Crippen LogP contribution in [0, 0.1) is 23.7 Å². The van der Waals surface area contributed by atoms with Crippen molar-refractivity contribution in [2.24, 2.45) is 0 Å². The third kappa shape index (κ3) is 32.8. The van der Waals surface area contributed by atoms with E-state index in [2.05, 4.69) is 62.5 Å². The first-order valence-electron chi connectivity index (χ1n) is 46.7. The molecular formula is C97H106ClF12N21O10S7. The zero-order chi connectivity index (χ0) is 107. The first-order chi connectivity index (χ1) is 70.0. The Morgan fingerprint density at radius 1 is 0.439 bits per heavy atom. The van der Waals surface area contributed by atoms with Crippen LogP contribution in [0.4, 0.5) is 87.3 Å². The van der Waals surface area contributed by atoms with Crippen LogP contribution in [-0.4, -0.2) is 295 Å². The first-order valence-corrected chi connectivity index (χ1v) is 55.8. The van der Waals surface area contributed by atoms with Crippen LogP contribution in [0.2, 0.25) is 5.02 Å². The summed E-state index contributed by atoms with van der Waals surface area (Å²) in [5, 5.41) is 17.4. The summed E-state index contributed by atoms with van der Waals surface area (Å²) in [6, 6.07) is 34.7. The van der Waals surface area contributed by atoms with Gasteiger partial charge in [0.1, 0.15) is 74.4 Å². The minimum absolute atomic E-state index is 0.0219. The number of nitrogens with one attached hydrogen (secondary N) is 2. The Balaban J connectivity index is 0.000000165. The van der Waals surface area contributed by atoms with Gasteiger partial charge < -0.3 is 54.7 Å². The molecule has 4 aromatic carbocycles. The minimum Gasteiger partial charge on any atom is -0.361 e. The lowest BCUT2D eigenvalue weighted by molar-refractivity contribution is -0.131. The number of hydrogen-bond acceptors (Lipinski definition) is 30. The van der Waals surface area contributed by atoms with E-state index in [-0.39, 0.29) is 116 Å². The number of aromatic nitrogens is 8. The molecule has 4 amide bonds. The first kappa shape index (κ1) is 113. The van der Waals surface area contributed by atoms with Gasteiger partial charge in [-0.25, -0.2) is 65.1 Å². The van der Waals surface area contributed by atoms with Gasteiger partial charge >= 0.3 is 24.7 Å². The summed E-state index contributed by atoms with van der Waals surface area (Å²) in [6.45, 7) is 14.6. The summed E-state index contributed by atoms with van der Waals surface area (Å²) < 4.78 is 228. The van der Waals surface area contributed by atoms with Gasteiger partial charge in [-0.15, -0.1) is 51.8 Å². The third-order valence-corrected chi connectivity index (χ3v) is 32.8. The molecule has 8 aromatic heterocycles. The van der Waals surface area contributed by atoms with Crippen LogP contribution < -0.4 is 39.4 Å². The zero-order valence-corrected chi connectivity index (χ0v) is 87.4. The highest BCUT2D eigenvalue weighted by atomic mass is 35.5. The standard InChI is InChI=1S/C26H32F3N5O3S2.C24H23ClF3N5O3S2.C24H28F3N5O3S2.C23H23F3N6OS/c1-18(2)30-7-12-39(36,37)16-20-5-3-19(4-6-20)13-23(35)33-8-10-34(11-9-33)24-22-14-21(15-26(27,28)29)38-25(22)32-17-31-24;1-3-6-33(38(2,35)36)17-5-4-16(20(25)12-17)11-21(34)31-7-9-32(10-8-31)22-19-13-18(14-24(26,27)28)37-23(19)30-15-29-22;1-2-28-16-37(34,35)14-18-5-3-17(4-6-18)11-21(33)31-7-9-32(10-8-31)22-20-12-19(13-24(25,26)27)36-23(20)30-15-29-22;1-30(7-6-27)17-4-2-16(3-5-17)12-20(33)31-8-10-32(11-9-31)21-19-13-18(14-23(24,25)26)34-22(19)29-15-28-21/h3-6,14,17-18,30H,7-13,15-16H2,1-2H3;1,4-5,12-13,15H,6-11,14H2,2H3;3-6,12,15,28H,2,7-11,13-14,16H2,1H3;2-5,13,15H,7-12,14H2,1H3. The van der Waals surface area contributed by atoms with E-state index < -0.39 is 80.1 Å². The predicted molar refractivity (Wildman–Crippen MR) is 551 cm³/mol. The SMILES string of the molecule is C#CCN(c1ccc(CC(=O)N2CCN(c3ncnc4sc(CC(F)(F)F)cc34)CC2)c(Cl)c1)S(C)(=O)=O.CC(C)NCCS(=O)(=O)Cc1ccc(CC(=O)N2CCN(c3ncnc4sc(CC(F)(F)F)cc34)CC2)cc1.CCNCS(=O)(=O)Cc1ccc(CC(=O)N2CCN(c3ncnc4sc(CC(F)(F)F)cc34)CC2)cc1.CN(CC#N)c1ccc(CC(=O)N2CCN(c3ncnc4sc(CC(F)(F)F)cc34)CC2)cc1. The number of nitrogens with zero attached hydrogens (tertiary/aromatic N) is 19. The second kappa shape index (κ2) is 49.6. The van der Waals surface area contributed by atoms with Crippen LogP contribution >= 0.6 is 56.9 Å². The van der Waals surface area contributed by atoms with Gasteiger partial charge in [0.25, 0.3) is 0 Å². The fraction of sp³-hybridized carbons (Fsp3) is 0.433. The molecule has 0 radical (unpaired) electrons. The molecule has 0 aliphatic carbocycles. The fourth-order valence-corrected chi connectivity index (χ4v) is 24.5. The fourth-order valence-electron chi connectivity index (χ4n) is 16.8. The van der Waals surface area contributed by atoms with Crippen molar-refractivity contribution in [3.05, 3.63) is 198 Å². The maximum absolute atomic E-state index is 13.0. The Morgan fingerprint density at radius 3 is 1.03 bits per heavy atom. The molecule has 12 aromatic rings. The smallest absolute Gasteiger partial charge is 0.361 e. The monoisotopic (exact) mass is 2210 g/mol. The van der Waals surface area contributed by atoms with Crippen molar-refractivity contribution in [2.45, 2.75) is 114 Å². The Hall–Kier alpha value is -12.0. The number of carbonyl (C=O) groups excluding carboxylic acids is 4. The predicted octanol–water partition coefficient (Wildman–Crippen LogP) is 14.2. The van der Waals surface area contributed by atoms with Crippen LogP contribution in [0.15, 0.2) is 141 Å². The highest BCUT2D eigenvalue weighted by Crippen LogP contribution is 2.41. The van der Waals surface area contributed by atoms with Crippen LogP contribution in [0.5, 0.6) is 0 Å². The molecule has 0 atom stereocenters. The van der Waals surface area contributed by atoms with E-state index in [4.69, 9.17) is 23.3 Å². The average Bonchev–Trinajstić information content (AvgIpc) is 1.68. The van der Waals surface area contributed by atoms with Crippen LogP contribution in [0.25, 0.3) is 40.9 Å². The Labute approximate surface area is 868 Å². The quantitative estimate of drug-likeness (QED) is 0.0225. The number of anilines is 6. The number of nitriles is 1. The molecule has 4 aliphatic rings. The summed E-state index contributed by atoms with van der Waals surface area (Å²) in [6.07, 6.45) is -8.67. The molecule has 0 unspecified atom stereocenters. The van der Waals surface area contributed by atoms with Crippen molar-refractivity contribution in [3.8, 4) is 18.4 Å². The number of sulfonamides is 1. The molecule has 792 valence electrons. The number of piperazine rings is 4. The summed E-state index contributed by atoms with van der Waals surface area (Å²) in [7, 11) is -8.25. The number of halogens is 13. The Kier molecular flexibility index (Phi) is 37.9. The van der Waals surface area contributed by atoms with Gasteiger partial charge in [-0.2, -0.15) is 57.9 Å². The molecular weight excluding hydrogens is 2110 g/mol. The van der Waals surface area contributed by atoms with Crippen molar-refractivity contribution >= 4 is 186 Å². The van der Waals surface area contributed by atoms with Gasteiger partial charge in [-0.3, -0.25) is 23.5 Å². The number of alkyl halides is 12. The molecule has 2 N–H and O–H groups in total. The highest BCUT2D eigenvalue weighted by Gasteiger charge is 2.37. The number of sulfone groups is 2. The molecule has 4 aliphatic heterocycles. The van der Waals surface area contributed by atoms with Crippen LogP contribution in [0.3, 0.4) is 0 Å². The summed E-state index contributed by atoms with van der Waals surface area (Å²) >= 11 is 10.4. The Morgan fingerprint density at radius 2 is 0.743 bits per heavy atom. The van der Waals surface area contributed by atoms with E-state index in [0.717, 1.165) is 78.3 Å². The largest absolute Gasteiger partial charge is 0.393 e. The van der Waals surface area contributed by atoms with Crippen molar-refractivity contribution in [1.82, 2.24) is 70.1 Å². The number of thiophene rings is 4. The second-order valence-electron chi connectivity index (χ2n) is 35.8. The molecule has 16 rings (SSSR count). The number of terminal acetylenes is 1. The van der Waals surface area contributed by atoms with E-state index in [1.165, 1.54) is 55.6 Å². The summed E-state index contributed by atoms with van der Waals surface area (Å²) in [5.74, 6) is 4.32. The lowest BCUT2D eigenvalue weighted by atomic mass is 10.1. The third-order valence-electron chi connectivity index (χ3n) is 24.1. The maximum Gasteiger partial charge on any atom is 0.393 e. The minimum atomic E-state index is -4.31. The van der Waals surface area contributed by atoms with Gasteiger partial charge in [-0.05, 0) is 88.5 Å². The number of rotatable bonds is 32. The molecule has 31 nitrogen and oxygen atoms in total. The molecule has 0 bridgehead atoms. The lowest BCUT2D eigenvalue weighted by Gasteiger charge is -2.35. The molecule has 12 heterocycles. The topological polar surface area (TPSA) is 354 Å². The number of benzene rings is 4. The number of carbonyl (C=O) groups is 4. The van der Waals surface area contributed by atoms with Gasteiger partial charge in [0.05, 0.1) is 121 Å². The molecule has 148 heavy (non-hydrogen) atoms. The Bertz CT molecular complexity index is 7090. The second-order valence-corrected chi connectivity index (χ2v) is 46.8. The zero-order valence-electron chi connectivity index (χ0n) is 80.9. The number of amides is 4. The van der Waals surface area contributed by atoms with Crippen molar-refractivity contribution in [3.63, 3.8) is 0 Å². The van der Waals surface area contributed by atoms with E-state index >= 15 is 0 Å². The summed E-state index contributed by atoms with van der Waals surface area (Å²) in [4.78, 5) is 105. The van der Waals surface area contributed by atoms with E-state index in [1.54, 1.807) is 80.3 Å². The van der Waals surface area contributed by atoms with Gasteiger partial charge in [0, 0.05) is 155 Å². The van der Waals surface area contributed by atoms with Gasteiger partial charge in [0.2, 0.25) is 33.7 Å². The maximum atomic E-state index is 13.0. The average molecular weight is 2210 g/mol. The molecule has 0 saturated carbocycles. The van der Waals surface area contributed by atoms with E-state index in [1.807, 2.05) is 76.6 Å². The highest BCUT2D eigenvalue weighted by molar-refractivity contribution is 7.92. The molecule has 0 spiro atoms. The number of hydrogen-bond donors (Lipinski definition) is 2. The van der Waals surface area contributed by atoms with Crippen molar-refractivity contribution < 1.29 is 97.1 Å². The van der Waals surface area contributed by atoms with E-state index in [9.17, 15) is 97.1 Å². The van der Waals surface area contributed by atoms with E-state index in [0.29, 0.717) is 204 Å². The molecule has 4 saturated heterocycles. The summed E-state index contributed by atoms with van der Waals surface area (Å²) in [5.41, 5.74) is 5.63. The van der Waals surface area contributed by atoms with Crippen LogP contribution in [0.1, 0.15) is 73.7 Å². The normalized spacial score (nSPS) is 14.7.